The molecule has 0 unspecified atom stereocenters. The predicted octanol–water partition coefficient (Wildman–Crippen LogP) is 2.26. The summed E-state index contributed by atoms with van der Waals surface area (Å²) in [6.07, 6.45) is 5.24. The number of nitrogens with zero attached hydrogens (tertiary/aromatic N) is 4. The molecule has 5 nitrogen and oxygen atoms in total. The van der Waals surface area contributed by atoms with Gasteiger partial charge < -0.3 is 10.3 Å². The third kappa shape index (κ3) is 1.66. The Hall–Kier alpha value is -1.65. The van der Waals surface area contributed by atoms with Crippen LogP contribution < -0.4 is 5.73 Å². The van der Waals surface area contributed by atoms with Crippen LogP contribution in [0.15, 0.2) is 6.33 Å². The average Bonchev–Trinajstić information content (AvgIpc) is 3.08. The average molecular weight is 231 g/mol. The number of hydrogen-bond acceptors (Lipinski definition) is 4. The second-order valence-corrected chi connectivity index (χ2v) is 4.82. The Balaban J connectivity index is 2.18. The molecule has 1 saturated carbocycles. The van der Waals surface area contributed by atoms with E-state index in [0.717, 1.165) is 23.4 Å². The van der Waals surface area contributed by atoms with Crippen molar-refractivity contribution in [2.75, 3.05) is 5.73 Å². The molecular weight excluding hydrogens is 214 g/mol. The van der Waals surface area contributed by atoms with Gasteiger partial charge in [0.1, 0.15) is 11.3 Å². The summed E-state index contributed by atoms with van der Waals surface area (Å²) in [5.74, 6) is 1.92. The Morgan fingerprint density at radius 2 is 2.24 bits per heavy atom. The summed E-state index contributed by atoms with van der Waals surface area (Å²) in [6.45, 7) is 4.32. The number of aromatic nitrogens is 4. The molecule has 0 aliphatic heterocycles. The van der Waals surface area contributed by atoms with E-state index in [1.165, 1.54) is 12.8 Å². The molecule has 0 saturated heterocycles. The zero-order chi connectivity index (χ0) is 12.0. The van der Waals surface area contributed by atoms with Crippen molar-refractivity contribution in [1.82, 2.24) is 19.5 Å². The molecule has 3 rings (SSSR count). The maximum atomic E-state index is 5.95. The van der Waals surface area contributed by atoms with Gasteiger partial charge in [-0.05, 0) is 26.2 Å². The monoisotopic (exact) mass is 231 g/mol. The van der Waals surface area contributed by atoms with Gasteiger partial charge in [0.15, 0.2) is 11.5 Å². The highest BCUT2D eigenvalue weighted by molar-refractivity contribution is 5.81. The van der Waals surface area contributed by atoms with Crippen molar-refractivity contribution in [2.24, 2.45) is 0 Å². The minimum atomic E-state index is 0.390. The lowest BCUT2D eigenvalue weighted by molar-refractivity contribution is 0.540. The first-order chi connectivity index (χ1) is 8.20. The highest BCUT2D eigenvalue weighted by Gasteiger charge is 2.28. The topological polar surface area (TPSA) is 69.6 Å². The molecule has 1 aliphatic carbocycles. The van der Waals surface area contributed by atoms with E-state index in [0.29, 0.717) is 17.8 Å². The van der Waals surface area contributed by atoms with Crippen molar-refractivity contribution in [2.45, 2.75) is 45.1 Å². The van der Waals surface area contributed by atoms with E-state index in [-0.39, 0.29) is 0 Å². The summed E-state index contributed by atoms with van der Waals surface area (Å²) in [7, 11) is 0. The van der Waals surface area contributed by atoms with E-state index in [1.54, 1.807) is 0 Å². The van der Waals surface area contributed by atoms with Gasteiger partial charge in [0.2, 0.25) is 0 Å². The zero-order valence-electron chi connectivity index (χ0n) is 10.2. The largest absolute Gasteiger partial charge is 0.382 e. The normalized spacial score (nSPS) is 17.5. The smallest absolute Gasteiger partial charge is 0.166 e. The molecule has 0 bridgehead atoms. The molecular formula is C12H17N5. The number of rotatable bonds is 3. The number of imidazole rings is 1. The van der Waals surface area contributed by atoms with Crippen molar-refractivity contribution >= 4 is 17.0 Å². The van der Waals surface area contributed by atoms with Crippen molar-refractivity contribution in [3.63, 3.8) is 0 Å². The molecule has 0 amide bonds. The van der Waals surface area contributed by atoms with E-state index in [1.807, 2.05) is 6.33 Å². The second-order valence-electron chi connectivity index (χ2n) is 4.82. The van der Waals surface area contributed by atoms with Crippen LogP contribution in [0.4, 0.5) is 5.82 Å². The van der Waals surface area contributed by atoms with Crippen LogP contribution in [0.1, 0.15) is 50.9 Å². The molecule has 90 valence electrons. The summed E-state index contributed by atoms with van der Waals surface area (Å²) >= 11 is 0. The maximum absolute atomic E-state index is 5.95. The lowest BCUT2D eigenvalue weighted by Crippen LogP contribution is -2.06. The summed E-state index contributed by atoms with van der Waals surface area (Å²) in [4.78, 5) is 13.3. The summed E-state index contributed by atoms with van der Waals surface area (Å²) < 4.78 is 2.10. The number of fused-ring (bicyclic) bond motifs is 1. The van der Waals surface area contributed by atoms with E-state index in [2.05, 4.69) is 33.4 Å². The van der Waals surface area contributed by atoms with Crippen LogP contribution in [0.5, 0.6) is 0 Å². The second kappa shape index (κ2) is 3.68. The van der Waals surface area contributed by atoms with Crippen molar-refractivity contribution in [3.8, 4) is 0 Å². The Kier molecular flexibility index (Phi) is 2.28. The van der Waals surface area contributed by atoms with Gasteiger partial charge in [-0.1, -0.05) is 6.92 Å². The van der Waals surface area contributed by atoms with Crippen LogP contribution in [0.3, 0.4) is 0 Å². The van der Waals surface area contributed by atoms with Crippen molar-refractivity contribution in [1.29, 1.82) is 0 Å². The third-order valence-corrected chi connectivity index (χ3v) is 3.47. The van der Waals surface area contributed by atoms with Crippen LogP contribution in [0.25, 0.3) is 11.2 Å². The Labute approximate surface area is 100 Å². The molecule has 2 aromatic heterocycles. The Morgan fingerprint density at radius 1 is 1.47 bits per heavy atom. The minimum absolute atomic E-state index is 0.390. The first kappa shape index (κ1) is 10.5. The van der Waals surface area contributed by atoms with Gasteiger partial charge in [-0.3, -0.25) is 0 Å². The molecule has 0 aromatic carbocycles. The molecule has 5 heteroatoms. The van der Waals surface area contributed by atoms with Crippen molar-refractivity contribution < 1.29 is 0 Å². The van der Waals surface area contributed by atoms with E-state index in [9.17, 15) is 0 Å². The van der Waals surface area contributed by atoms with Crippen LogP contribution in [0, 0.1) is 0 Å². The molecule has 1 atom stereocenters. The standard InChI is InChI=1S/C12H17N5/c1-3-7(2)17-6-14-9-10(13)15-11(8-4-5-8)16-12(9)17/h6-8H,3-5H2,1-2H3,(H2,13,15,16)/t7-/m1/s1. The highest BCUT2D eigenvalue weighted by atomic mass is 15.2. The maximum Gasteiger partial charge on any atom is 0.166 e. The number of hydrogen-bond donors (Lipinski definition) is 1. The SMILES string of the molecule is CC[C@@H](C)n1cnc2c(N)nc(C3CC3)nc21. The highest BCUT2D eigenvalue weighted by Crippen LogP contribution is 2.39. The van der Waals surface area contributed by atoms with E-state index < -0.39 is 0 Å². The lowest BCUT2D eigenvalue weighted by atomic mass is 10.2. The summed E-state index contributed by atoms with van der Waals surface area (Å²) in [6, 6.07) is 0.390. The molecule has 0 radical (unpaired) electrons. The van der Waals surface area contributed by atoms with Crippen LogP contribution in [0.2, 0.25) is 0 Å². The Morgan fingerprint density at radius 3 is 2.88 bits per heavy atom. The van der Waals surface area contributed by atoms with Gasteiger partial charge in [0, 0.05) is 12.0 Å². The summed E-state index contributed by atoms with van der Waals surface area (Å²) in [5.41, 5.74) is 7.56. The number of nitrogen functional groups attached to an aromatic ring is 1. The van der Waals surface area contributed by atoms with Gasteiger partial charge in [-0.25, -0.2) is 15.0 Å². The van der Waals surface area contributed by atoms with E-state index >= 15 is 0 Å². The fraction of sp³-hybridized carbons (Fsp3) is 0.583. The molecule has 0 spiro atoms. The number of nitrogens with two attached hydrogens (primary N) is 1. The Bertz CT molecular complexity index is 555. The predicted molar refractivity (Wildman–Crippen MR) is 66.7 cm³/mol. The minimum Gasteiger partial charge on any atom is -0.382 e. The van der Waals surface area contributed by atoms with E-state index in [4.69, 9.17) is 5.73 Å². The molecule has 17 heavy (non-hydrogen) atoms. The lowest BCUT2D eigenvalue weighted by Gasteiger charge is -2.11. The summed E-state index contributed by atoms with van der Waals surface area (Å²) in [5, 5.41) is 0. The zero-order valence-corrected chi connectivity index (χ0v) is 10.2. The van der Waals surface area contributed by atoms with Gasteiger partial charge in [0.25, 0.3) is 0 Å². The molecule has 2 aromatic rings. The van der Waals surface area contributed by atoms with Crippen LogP contribution in [-0.4, -0.2) is 19.5 Å². The van der Waals surface area contributed by atoms with Crippen LogP contribution >= 0.6 is 0 Å². The quantitative estimate of drug-likeness (QED) is 0.879. The fourth-order valence-electron chi connectivity index (χ4n) is 2.00. The van der Waals surface area contributed by atoms with Crippen molar-refractivity contribution in [3.05, 3.63) is 12.2 Å². The molecule has 1 aliphatic rings. The fourth-order valence-corrected chi connectivity index (χ4v) is 2.00. The van der Waals surface area contributed by atoms with Gasteiger partial charge in [-0.15, -0.1) is 0 Å². The first-order valence-electron chi connectivity index (χ1n) is 6.20. The van der Waals surface area contributed by atoms with Gasteiger partial charge in [-0.2, -0.15) is 0 Å². The molecule has 2 heterocycles. The third-order valence-electron chi connectivity index (χ3n) is 3.47. The van der Waals surface area contributed by atoms with Gasteiger partial charge >= 0.3 is 0 Å². The molecule has 1 fully saturated rings. The number of anilines is 1. The molecule has 2 N–H and O–H groups in total. The van der Waals surface area contributed by atoms with Crippen LogP contribution in [-0.2, 0) is 0 Å². The first-order valence-corrected chi connectivity index (χ1v) is 6.20. The van der Waals surface area contributed by atoms with Gasteiger partial charge in [0.05, 0.1) is 6.33 Å².